The fourth-order valence-electron chi connectivity index (χ4n) is 3.58. The number of hydrogen-bond donors (Lipinski definition) is 1. The first-order valence-corrected chi connectivity index (χ1v) is 6.89. The molecule has 2 heteroatoms. The van der Waals surface area contributed by atoms with E-state index < -0.39 is 0 Å². The van der Waals surface area contributed by atoms with Crippen LogP contribution < -0.4 is 10.6 Å². The summed E-state index contributed by atoms with van der Waals surface area (Å²) in [6.45, 7) is 2.33. The van der Waals surface area contributed by atoms with Gasteiger partial charge in [0.1, 0.15) is 0 Å². The van der Waals surface area contributed by atoms with Gasteiger partial charge in [0.2, 0.25) is 0 Å². The molecule has 3 unspecified atom stereocenters. The maximum atomic E-state index is 6.34. The summed E-state index contributed by atoms with van der Waals surface area (Å²) in [4.78, 5) is 2.60. The van der Waals surface area contributed by atoms with Crippen molar-refractivity contribution >= 4 is 5.69 Å². The molecule has 3 rings (SSSR count). The molecule has 3 atom stereocenters. The normalized spacial score (nSPS) is 32.6. The molecule has 0 amide bonds. The van der Waals surface area contributed by atoms with Crippen molar-refractivity contribution in [3.05, 3.63) is 29.8 Å². The van der Waals surface area contributed by atoms with E-state index in [1.807, 2.05) is 0 Å². The molecule has 2 N–H and O–H groups in total. The molecule has 17 heavy (non-hydrogen) atoms. The summed E-state index contributed by atoms with van der Waals surface area (Å²) in [5.41, 5.74) is 9.27. The molecule has 1 heterocycles. The van der Waals surface area contributed by atoms with E-state index >= 15 is 0 Å². The van der Waals surface area contributed by atoms with Gasteiger partial charge < -0.3 is 10.6 Å². The van der Waals surface area contributed by atoms with Gasteiger partial charge in [-0.2, -0.15) is 0 Å². The van der Waals surface area contributed by atoms with Crippen molar-refractivity contribution in [1.82, 2.24) is 0 Å². The zero-order valence-electron chi connectivity index (χ0n) is 10.6. The fraction of sp³-hybridized carbons (Fsp3) is 0.600. The van der Waals surface area contributed by atoms with Crippen LogP contribution >= 0.6 is 0 Å². The van der Waals surface area contributed by atoms with Crippen LogP contribution in [-0.2, 0) is 6.42 Å². The minimum absolute atomic E-state index is 0.359. The second-order valence-electron chi connectivity index (χ2n) is 5.60. The quantitative estimate of drug-likeness (QED) is 0.803. The first-order valence-electron chi connectivity index (χ1n) is 6.89. The van der Waals surface area contributed by atoms with Gasteiger partial charge >= 0.3 is 0 Å². The molecular weight excluding hydrogens is 208 g/mol. The van der Waals surface area contributed by atoms with Crippen molar-refractivity contribution in [2.45, 2.75) is 57.2 Å². The number of nitrogens with zero attached hydrogens (tertiary/aromatic N) is 1. The van der Waals surface area contributed by atoms with Gasteiger partial charge in [0.05, 0.1) is 0 Å². The predicted octanol–water partition coefficient (Wildman–Crippen LogP) is 2.71. The first-order chi connectivity index (χ1) is 8.27. The van der Waals surface area contributed by atoms with E-state index in [-0.39, 0.29) is 0 Å². The molecule has 1 saturated carbocycles. The topological polar surface area (TPSA) is 29.3 Å². The van der Waals surface area contributed by atoms with E-state index in [1.54, 1.807) is 0 Å². The molecule has 1 aliphatic carbocycles. The Morgan fingerprint density at radius 3 is 2.76 bits per heavy atom. The third-order valence-electron chi connectivity index (χ3n) is 4.40. The number of rotatable bonds is 1. The molecule has 2 nitrogen and oxygen atoms in total. The van der Waals surface area contributed by atoms with Gasteiger partial charge in [-0.1, -0.05) is 31.0 Å². The zero-order valence-corrected chi connectivity index (χ0v) is 10.6. The molecule has 0 spiro atoms. The summed E-state index contributed by atoms with van der Waals surface area (Å²) in [5, 5.41) is 0. The lowest BCUT2D eigenvalue weighted by Gasteiger charge is -2.40. The molecule has 1 aliphatic heterocycles. The summed E-state index contributed by atoms with van der Waals surface area (Å²) in [7, 11) is 0. The highest BCUT2D eigenvalue weighted by Gasteiger charge is 2.35. The molecule has 1 aromatic carbocycles. The van der Waals surface area contributed by atoms with Gasteiger partial charge in [-0.05, 0) is 37.8 Å². The summed E-state index contributed by atoms with van der Waals surface area (Å²) in [5.74, 6) is 0. The van der Waals surface area contributed by atoms with Crippen LogP contribution in [0.3, 0.4) is 0 Å². The first kappa shape index (κ1) is 11.1. The molecule has 92 valence electrons. The SMILES string of the molecule is CC1Cc2ccccc2N1C1CCCCC1N. The highest BCUT2D eigenvalue weighted by atomic mass is 15.2. The Morgan fingerprint density at radius 2 is 1.94 bits per heavy atom. The second kappa shape index (κ2) is 4.34. The second-order valence-corrected chi connectivity index (χ2v) is 5.60. The number of nitrogens with two attached hydrogens (primary N) is 1. The average molecular weight is 230 g/mol. The Balaban J connectivity index is 1.92. The van der Waals surface area contributed by atoms with Crippen molar-refractivity contribution in [2.24, 2.45) is 5.73 Å². The van der Waals surface area contributed by atoms with Crippen LogP contribution in [0.2, 0.25) is 0 Å². The summed E-state index contributed by atoms with van der Waals surface area (Å²) in [6, 6.07) is 10.4. The maximum Gasteiger partial charge on any atom is 0.0444 e. The van der Waals surface area contributed by atoms with Crippen molar-refractivity contribution in [1.29, 1.82) is 0 Å². The van der Waals surface area contributed by atoms with Crippen LogP contribution in [0.1, 0.15) is 38.2 Å². The van der Waals surface area contributed by atoms with Crippen molar-refractivity contribution < 1.29 is 0 Å². The van der Waals surface area contributed by atoms with Crippen molar-refractivity contribution in [3.8, 4) is 0 Å². The van der Waals surface area contributed by atoms with Crippen molar-refractivity contribution in [2.75, 3.05) is 4.90 Å². The number of hydrogen-bond acceptors (Lipinski definition) is 2. The highest BCUT2D eigenvalue weighted by molar-refractivity contribution is 5.60. The lowest BCUT2D eigenvalue weighted by molar-refractivity contribution is 0.352. The van der Waals surface area contributed by atoms with Gasteiger partial charge in [0, 0.05) is 23.8 Å². The Hall–Kier alpha value is -1.02. The van der Waals surface area contributed by atoms with Crippen molar-refractivity contribution in [3.63, 3.8) is 0 Å². The van der Waals surface area contributed by atoms with Crippen LogP contribution in [0, 0.1) is 0 Å². The minimum Gasteiger partial charge on any atom is -0.364 e. The van der Waals surface area contributed by atoms with E-state index in [0.717, 1.165) is 0 Å². The molecule has 1 aromatic rings. The van der Waals surface area contributed by atoms with Crippen LogP contribution in [0.15, 0.2) is 24.3 Å². The Labute approximate surface area is 104 Å². The van der Waals surface area contributed by atoms with Gasteiger partial charge in [-0.3, -0.25) is 0 Å². The van der Waals surface area contributed by atoms with E-state index in [0.29, 0.717) is 18.1 Å². The van der Waals surface area contributed by atoms with E-state index in [1.165, 1.54) is 43.4 Å². The van der Waals surface area contributed by atoms with Crippen LogP contribution in [-0.4, -0.2) is 18.1 Å². The van der Waals surface area contributed by atoms with E-state index in [2.05, 4.69) is 36.1 Å². The van der Waals surface area contributed by atoms with Crippen LogP contribution in [0.4, 0.5) is 5.69 Å². The maximum absolute atomic E-state index is 6.34. The molecule has 0 aromatic heterocycles. The lowest BCUT2D eigenvalue weighted by Crippen LogP contribution is -2.51. The number of para-hydroxylation sites is 1. The van der Waals surface area contributed by atoms with Gasteiger partial charge in [0.25, 0.3) is 0 Å². The largest absolute Gasteiger partial charge is 0.364 e. The third-order valence-corrected chi connectivity index (χ3v) is 4.40. The molecule has 0 radical (unpaired) electrons. The summed E-state index contributed by atoms with van der Waals surface area (Å²) < 4.78 is 0. The van der Waals surface area contributed by atoms with E-state index in [4.69, 9.17) is 5.73 Å². The number of fused-ring (bicyclic) bond motifs is 1. The monoisotopic (exact) mass is 230 g/mol. The van der Waals surface area contributed by atoms with Crippen LogP contribution in [0.5, 0.6) is 0 Å². The fourth-order valence-corrected chi connectivity index (χ4v) is 3.58. The predicted molar refractivity (Wildman–Crippen MR) is 72.3 cm³/mol. The number of anilines is 1. The highest BCUT2D eigenvalue weighted by Crippen LogP contribution is 2.37. The lowest BCUT2D eigenvalue weighted by atomic mass is 9.89. The molecular formula is C15H22N2. The molecule has 2 aliphatic rings. The van der Waals surface area contributed by atoms with Gasteiger partial charge in [-0.25, -0.2) is 0 Å². The zero-order chi connectivity index (χ0) is 11.8. The minimum atomic E-state index is 0.359. The Morgan fingerprint density at radius 1 is 1.18 bits per heavy atom. The molecule has 0 saturated heterocycles. The van der Waals surface area contributed by atoms with Gasteiger partial charge in [0.15, 0.2) is 0 Å². The number of benzene rings is 1. The third kappa shape index (κ3) is 1.85. The molecule has 0 bridgehead atoms. The summed E-state index contributed by atoms with van der Waals surface area (Å²) >= 11 is 0. The van der Waals surface area contributed by atoms with Crippen LogP contribution in [0.25, 0.3) is 0 Å². The van der Waals surface area contributed by atoms with Gasteiger partial charge in [-0.15, -0.1) is 0 Å². The molecule has 1 fully saturated rings. The average Bonchev–Trinajstić information content (AvgIpc) is 2.66. The summed E-state index contributed by atoms with van der Waals surface area (Å²) in [6.07, 6.45) is 6.28. The van der Waals surface area contributed by atoms with E-state index in [9.17, 15) is 0 Å². The standard InChI is InChI=1S/C15H22N2/c1-11-10-12-6-2-4-8-14(12)17(11)15-9-5-3-7-13(15)16/h2,4,6,8,11,13,15H,3,5,7,9-10,16H2,1H3. The smallest absolute Gasteiger partial charge is 0.0444 e. The Bertz CT molecular complexity index is 402. The Kier molecular flexibility index (Phi) is 2.83.